The maximum absolute atomic E-state index is 10.0. The Kier molecular flexibility index (Phi) is 5.82. The van der Waals surface area contributed by atoms with Gasteiger partial charge in [-0.2, -0.15) is 0 Å². The topological polar surface area (TPSA) is 20.2 Å². The van der Waals surface area contributed by atoms with Crippen molar-refractivity contribution in [3.05, 3.63) is 41.5 Å². The summed E-state index contributed by atoms with van der Waals surface area (Å²) >= 11 is 0. The molecule has 0 saturated heterocycles. The van der Waals surface area contributed by atoms with Gasteiger partial charge in [-0.1, -0.05) is 44.6 Å². The van der Waals surface area contributed by atoms with Gasteiger partial charge in [0, 0.05) is 5.56 Å². The number of phenols is 1. The van der Waals surface area contributed by atoms with Gasteiger partial charge in [0.05, 0.1) is 0 Å². The molecule has 0 heterocycles. The largest absolute Gasteiger partial charge is 0.508 e. The quantitative estimate of drug-likeness (QED) is 0.689. The van der Waals surface area contributed by atoms with E-state index in [1.165, 1.54) is 5.56 Å². The zero-order valence-electron chi connectivity index (χ0n) is 11.2. The summed E-state index contributed by atoms with van der Waals surface area (Å²) in [5.74, 6) is 0.900. The summed E-state index contributed by atoms with van der Waals surface area (Å²) in [6, 6.07) is 5.80. The molecule has 1 atom stereocenters. The Labute approximate surface area is 105 Å². The highest BCUT2D eigenvalue weighted by Crippen LogP contribution is 2.34. The number of benzene rings is 1. The Morgan fingerprint density at radius 2 is 2.00 bits per heavy atom. The molecule has 1 unspecified atom stereocenters. The molecule has 1 heteroatoms. The first-order valence-corrected chi connectivity index (χ1v) is 6.64. The van der Waals surface area contributed by atoms with Crippen LogP contribution in [0.5, 0.6) is 5.75 Å². The van der Waals surface area contributed by atoms with Crippen molar-refractivity contribution in [1.82, 2.24) is 0 Å². The normalized spacial score (nSPS) is 13.1. The zero-order valence-corrected chi connectivity index (χ0v) is 11.2. The minimum absolute atomic E-state index is 0.448. The fraction of sp³-hybridized carbons (Fsp3) is 0.500. The molecular formula is C16H24O. The van der Waals surface area contributed by atoms with Gasteiger partial charge in [-0.15, -0.1) is 0 Å². The number of aryl methyl sites for hydroxylation is 1. The van der Waals surface area contributed by atoms with Gasteiger partial charge in [-0.25, -0.2) is 0 Å². The molecule has 0 aromatic heterocycles. The lowest BCUT2D eigenvalue weighted by atomic mass is 9.87. The lowest BCUT2D eigenvalue weighted by Crippen LogP contribution is -2.00. The van der Waals surface area contributed by atoms with E-state index < -0.39 is 0 Å². The number of phenolic OH excluding ortho intramolecular Hbond substituents is 1. The smallest absolute Gasteiger partial charge is 0.119 e. The SMILES string of the molecule is CC/C=C\CC(CCC)c1c(C)cccc1O. The van der Waals surface area contributed by atoms with Crippen molar-refractivity contribution in [2.75, 3.05) is 0 Å². The van der Waals surface area contributed by atoms with Gasteiger partial charge >= 0.3 is 0 Å². The first kappa shape index (κ1) is 13.8. The second-order valence-corrected chi connectivity index (χ2v) is 4.61. The molecule has 0 radical (unpaired) electrons. The van der Waals surface area contributed by atoms with Crippen molar-refractivity contribution in [1.29, 1.82) is 0 Å². The molecule has 1 rings (SSSR count). The zero-order chi connectivity index (χ0) is 12.7. The van der Waals surface area contributed by atoms with Crippen LogP contribution in [0.3, 0.4) is 0 Å². The summed E-state index contributed by atoms with van der Waals surface area (Å²) in [6.45, 7) is 6.43. The molecule has 17 heavy (non-hydrogen) atoms. The maximum atomic E-state index is 10.0. The maximum Gasteiger partial charge on any atom is 0.119 e. The van der Waals surface area contributed by atoms with E-state index >= 15 is 0 Å². The van der Waals surface area contributed by atoms with Gasteiger partial charge in [-0.05, 0) is 43.7 Å². The fourth-order valence-corrected chi connectivity index (χ4v) is 2.35. The van der Waals surface area contributed by atoms with Crippen LogP contribution in [-0.4, -0.2) is 5.11 Å². The molecule has 0 spiro atoms. The van der Waals surface area contributed by atoms with Crippen LogP contribution in [0.15, 0.2) is 30.4 Å². The average molecular weight is 232 g/mol. The van der Waals surface area contributed by atoms with E-state index in [1.807, 2.05) is 6.07 Å². The van der Waals surface area contributed by atoms with Crippen molar-refractivity contribution in [2.45, 2.75) is 52.4 Å². The second-order valence-electron chi connectivity index (χ2n) is 4.61. The number of allylic oxidation sites excluding steroid dienone is 2. The molecule has 0 fully saturated rings. The number of hydrogen-bond donors (Lipinski definition) is 1. The van der Waals surface area contributed by atoms with Crippen molar-refractivity contribution in [3.63, 3.8) is 0 Å². The fourth-order valence-electron chi connectivity index (χ4n) is 2.35. The molecule has 94 valence electrons. The van der Waals surface area contributed by atoms with Crippen LogP contribution in [0.25, 0.3) is 0 Å². The van der Waals surface area contributed by atoms with Crippen molar-refractivity contribution in [3.8, 4) is 5.75 Å². The van der Waals surface area contributed by atoms with Crippen LogP contribution in [0.4, 0.5) is 0 Å². The Hall–Kier alpha value is -1.24. The lowest BCUT2D eigenvalue weighted by Gasteiger charge is -2.18. The highest BCUT2D eigenvalue weighted by atomic mass is 16.3. The third kappa shape index (κ3) is 3.92. The van der Waals surface area contributed by atoms with E-state index in [0.717, 1.165) is 31.2 Å². The molecular weight excluding hydrogens is 208 g/mol. The van der Waals surface area contributed by atoms with Crippen LogP contribution in [0.2, 0.25) is 0 Å². The van der Waals surface area contributed by atoms with Gasteiger partial charge in [0.1, 0.15) is 5.75 Å². The van der Waals surface area contributed by atoms with Crippen molar-refractivity contribution < 1.29 is 5.11 Å². The van der Waals surface area contributed by atoms with Gasteiger partial charge in [0.25, 0.3) is 0 Å². The first-order chi connectivity index (χ1) is 8.20. The van der Waals surface area contributed by atoms with Gasteiger partial charge in [0.2, 0.25) is 0 Å². The highest BCUT2D eigenvalue weighted by molar-refractivity contribution is 5.41. The number of hydrogen-bond acceptors (Lipinski definition) is 1. The summed E-state index contributed by atoms with van der Waals surface area (Å²) in [6.07, 6.45) is 8.84. The van der Waals surface area contributed by atoms with Crippen LogP contribution >= 0.6 is 0 Å². The second kappa shape index (κ2) is 7.16. The standard InChI is InChI=1S/C16H24O/c1-4-6-7-11-14(9-5-2)16-13(3)10-8-12-15(16)17/h6-8,10,12,14,17H,4-5,9,11H2,1-3H3/b7-6-. The van der Waals surface area contributed by atoms with E-state index in [9.17, 15) is 5.11 Å². The minimum atomic E-state index is 0.448. The lowest BCUT2D eigenvalue weighted by molar-refractivity contribution is 0.455. The van der Waals surface area contributed by atoms with E-state index in [0.29, 0.717) is 11.7 Å². The van der Waals surface area contributed by atoms with Gasteiger partial charge in [-0.3, -0.25) is 0 Å². The average Bonchev–Trinajstić information content (AvgIpc) is 2.29. The minimum Gasteiger partial charge on any atom is -0.508 e. The summed E-state index contributed by atoms with van der Waals surface area (Å²) in [4.78, 5) is 0. The summed E-state index contributed by atoms with van der Waals surface area (Å²) in [7, 11) is 0. The molecule has 0 aliphatic carbocycles. The first-order valence-electron chi connectivity index (χ1n) is 6.64. The molecule has 0 bridgehead atoms. The van der Waals surface area contributed by atoms with E-state index in [4.69, 9.17) is 0 Å². The molecule has 0 aliphatic heterocycles. The Balaban J connectivity index is 2.92. The molecule has 0 saturated carbocycles. The van der Waals surface area contributed by atoms with Crippen molar-refractivity contribution in [2.24, 2.45) is 0 Å². The van der Waals surface area contributed by atoms with Crippen LogP contribution in [0.1, 0.15) is 56.6 Å². The van der Waals surface area contributed by atoms with E-state index in [-0.39, 0.29) is 0 Å². The van der Waals surface area contributed by atoms with E-state index in [2.05, 4.69) is 39.0 Å². The predicted molar refractivity (Wildman–Crippen MR) is 74.5 cm³/mol. The summed E-state index contributed by atoms with van der Waals surface area (Å²) in [5, 5.41) is 10.0. The molecule has 1 N–H and O–H groups in total. The molecule has 1 aromatic carbocycles. The molecule has 1 aromatic rings. The highest BCUT2D eigenvalue weighted by Gasteiger charge is 2.15. The molecule has 0 aliphatic rings. The summed E-state index contributed by atoms with van der Waals surface area (Å²) < 4.78 is 0. The summed E-state index contributed by atoms with van der Waals surface area (Å²) in [5.41, 5.74) is 2.34. The third-order valence-corrected chi connectivity index (χ3v) is 3.17. The number of aromatic hydroxyl groups is 1. The van der Waals surface area contributed by atoms with Crippen LogP contribution in [0, 0.1) is 6.92 Å². The van der Waals surface area contributed by atoms with Crippen LogP contribution < -0.4 is 0 Å². The monoisotopic (exact) mass is 232 g/mol. The van der Waals surface area contributed by atoms with Crippen molar-refractivity contribution >= 4 is 0 Å². The predicted octanol–water partition coefficient (Wildman–Crippen LogP) is 4.94. The molecule has 1 nitrogen and oxygen atoms in total. The Bertz CT molecular complexity index is 346. The Morgan fingerprint density at radius 1 is 1.24 bits per heavy atom. The third-order valence-electron chi connectivity index (χ3n) is 3.17. The molecule has 0 amide bonds. The Morgan fingerprint density at radius 3 is 2.59 bits per heavy atom. The van der Waals surface area contributed by atoms with E-state index in [1.54, 1.807) is 6.07 Å². The van der Waals surface area contributed by atoms with Gasteiger partial charge in [0.15, 0.2) is 0 Å². The number of rotatable bonds is 6. The van der Waals surface area contributed by atoms with Gasteiger partial charge < -0.3 is 5.11 Å². The van der Waals surface area contributed by atoms with Crippen LogP contribution in [-0.2, 0) is 0 Å².